The zero-order chi connectivity index (χ0) is 30.0. The molecule has 0 atom stereocenters. The maximum Gasteiger partial charge on any atom is 0.317 e. The van der Waals surface area contributed by atoms with Gasteiger partial charge >= 0.3 is 23.9 Å². The first kappa shape index (κ1) is 55.2. The van der Waals surface area contributed by atoms with E-state index in [1.807, 2.05) is 0 Å². The summed E-state index contributed by atoms with van der Waals surface area (Å²) in [6.07, 6.45) is 0. The van der Waals surface area contributed by atoms with Crippen LogP contribution in [0.15, 0.2) is 0 Å². The molecule has 0 aromatic carbocycles. The molecule has 0 radical (unpaired) electrons. The third-order valence-electron chi connectivity index (χ3n) is 2.17. The molecule has 234 valence electrons. The molecule has 0 saturated heterocycles. The molecule has 0 amide bonds. The summed E-state index contributed by atoms with van der Waals surface area (Å²) < 4.78 is 0. The fourth-order valence-electron chi connectivity index (χ4n) is 1.48. The number of nitrogens with zero attached hydrogens (tertiary/aromatic N) is 2. The fraction of sp³-hybridized carbons (Fsp3) is 0.556. The predicted octanol–water partition coefficient (Wildman–Crippen LogP) is -3.19. The Morgan fingerprint density at radius 2 is 0.513 bits per heavy atom. The molecule has 0 aliphatic carbocycles. The van der Waals surface area contributed by atoms with Gasteiger partial charge in [-0.2, -0.15) is 0 Å². The minimum absolute atomic E-state index is 0. The second-order valence-corrected chi connectivity index (χ2v) is 6.07. The van der Waals surface area contributed by atoms with Crippen LogP contribution in [-0.4, -0.2) is 149 Å². The number of hydrogen-bond donors (Lipinski definition) is 9. The van der Waals surface area contributed by atoms with E-state index in [1.165, 1.54) is 0 Å². The molecular formula is C18H39N3O18. The number of aliphatic carboxylic acids is 8. The number of carboxylic acid groups (broad SMARTS) is 8. The van der Waals surface area contributed by atoms with Crippen LogP contribution in [0, 0.1) is 0 Å². The Morgan fingerprint density at radius 3 is 0.590 bits per heavy atom. The molecule has 15 N–H and O–H groups in total. The molecule has 0 unspecified atom stereocenters. The van der Waals surface area contributed by atoms with Gasteiger partial charge in [-0.25, -0.2) is 0 Å². The monoisotopic (exact) mass is 585 g/mol. The highest BCUT2D eigenvalue weighted by molar-refractivity contribution is 5.73. The van der Waals surface area contributed by atoms with Gasteiger partial charge < -0.3 is 58.0 Å². The Labute approximate surface area is 221 Å². The molecule has 0 saturated carbocycles. The minimum atomic E-state index is -1.23. The molecule has 0 aliphatic rings. The lowest BCUT2D eigenvalue weighted by Crippen LogP contribution is -2.43. The normalized spacial score (nSPS) is 8.05. The van der Waals surface area contributed by atoms with Crippen LogP contribution in [0.2, 0.25) is 0 Å². The number of carbonyl (C=O) groups is 8. The van der Waals surface area contributed by atoms with Crippen molar-refractivity contribution >= 4 is 47.8 Å². The summed E-state index contributed by atoms with van der Waals surface area (Å²) in [5.41, 5.74) is 0. The highest BCUT2D eigenvalue weighted by atomic mass is 16.4. The number of carboxylic acids is 8. The SMILES string of the molecule is CC(=O)O.CC(=O)O.CC(=O)O.CC(=O)O.N.O.O.O=C(O)CN(CCN(CC(=O)O)CC(=O)O)CC(=O)O. The van der Waals surface area contributed by atoms with E-state index in [0.29, 0.717) is 0 Å². The van der Waals surface area contributed by atoms with E-state index >= 15 is 0 Å². The van der Waals surface area contributed by atoms with Gasteiger partial charge in [0.2, 0.25) is 0 Å². The first-order valence-electron chi connectivity index (χ1n) is 9.23. The first-order chi connectivity index (χ1) is 16.1. The molecule has 0 aliphatic heterocycles. The summed E-state index contributed by atoms with van der Waals surface area (Å²) in [5.74, 6) is -8.24. The summed E-state index contributed by atoms with van der Waals surface area (Å²) in [7, 11) is 0. The molecule has 0 aromatic heterocycles. The first-order valence-corrected chi connectivity index (χ1v) is 9.23. The van der Waals surface area contributed by atoms with Crippen LogP contribution in [0.3, 0.4) is 0 Å². The number of hydrogen-bond acceptors (Lipinski definition) is 11. The zero-order valence-electron chi connectivity index (χ0n) is 21.7. The van der Waals surface area contributed by atoms with Crippen molar-refractivity contribution in [1.82, 2.24) is 16.0 Å². The predicted molar refractivity (Wildman–Crippen MR) is 129 cm³/mol. The standard InChI is InChI=1S/C10H16N2O8.4C2H4O2.H3N.2H2O/c13-7(14)3-11(4-8(15)16)1-2-12(5-9(17)18)6-10(19)20;4*1-2(3)4;;;/h1-6H2,(H,13,14)(H,15,16)(H,17,18)(H,19,20);4*1H3,(H,3,4);1H3;2*1H2. The van der Waals surface area contributed by atoms with Crippen LogP contribution in [0.1, 0.15) is 27.7 Å². The third-order valence-corrected chi connectivity index (χ3v) is 2.17. The molecule has 0 heterocycles. The topological polar surface area (TPSA) is 403 Å². The second-order valence-electron chi connectivity index (χ2n) is 6.07. The molecule has 0 rings (SSSR count). The van der Waals surface area contributed by atoms with Crippen LogP contribution in [-0.2, 0) is 38.4 Å². The van der Waals surface area contributed by atoms with E-state index in [0.717, 1.165) is 37.5 Å². The quantitative estimate of drug-likeness (QED) is 0.115. The average Bonchev–Trinajstić information content (AvgIpc) is 2.55. The maximum absolute atomic E-state index is 10.6. The van der Waals surface area contributed by atoms with Crippen molar-refractivity contribution in [3.05, 3.63) is 0 Å². The molecular weight excluding hydrogens is 546 g/mol. The minimum Gasteiger partial charge on any atom is -0.481 e. The highest BCUT2D eigenvalue weighted by Crippen LogP contribution is 1.94. The van der Waals surface area contributed by atoms with Crippen LogP contribution >= 0.6 is 0 Å². The van der Waals surface area contributed by atoms with Crippen LogP contribution in [0.4, 0.5) is 0 Å². The van der Waals surface area contributed by atoms with Gasteiger partial charge in [-0.1, -0.05) is 0 Å². The Bertz CT molecular complexity index is 596. The van der Waals surface area contributed by atoms with Crippen molar-refractivity contribution in [1.29, 1.82) is 0 Å². The van der Waals surface area contributed by atoms with Gasteiger partial charge in [-0.15, -0.1) is 0 Å². The van der Waals surface area contributed by atoms with Crippen molar-refractivity contribution in [2.75, 3.05) is 39.3 Å². The molecule has 0 spiro atoms. The molecule has 39 heavy (non-hydrogen) atoms. The van der Waals surface area contributed by atoms with E-state index in [-0.39, 0.29) is 30.2 Å². The molecule has 0 aromatic rings. The van der Waals surface area contributed by atoms with Gasteiger partial charge in [-0.3, -0.25) is 48.2 Å². The number of rotatable bonds is 11. The van der Waals surface area contributed by atoms with Gasteiger partial charge in [0.05, 0.1) is 26.2 Å². The fourth-order valence-corrected chi connectivity index (χ4v) is 1.48. The van der Waals surface area contributed by atoms with E-state index in [4.69, 9.17) is 60.0 Å². The van der Waals surface area contributed by atoms with Crippen molar-refractivity contribution in [2.45, 2.75) is 27.7 Å². The van der Waals surface area contributed by atoms with Gasteiger partial charge in [0.15, 0.2) is 0 Å². The van der Waals surface area contributed by atoms with E-state index in [1.54, 1.807) is 0 Å². The largest absolute Gasteiger partial charge is 0.481 e. The van der Waals surface area contributed by atoms with Gasteiger partial charge in [-0.05, 0) is 0 Å². The Hall–Kier alpha value is -4.44. The average molecular weight is 586 g/mol. The lowest BCUT2D eigenvalue weighted by atomic mass is 10.4. The summed E-state index contributed by atoms with van der Waals surface area (Å²) in [6.45, 7) is 2.08. The smallest absolute Gasteiger partial charge is 0.317 e. The molecule has 21 heteroatoms. The Kier molecular flexibility index (Phi) is 50.5. The lowest BCUT2D eigenvalue weighted by Gasteiger charge is -2.23. The molecule has 21 nitrogen and oxygen atoms in total. The Balaban J connectivity index is -0.0000000694. The van der Waals surface area contributed by atoms with E-state index in [2.05, 4.69) is 0 Å². The molecule has 0 bridgehead atoms. The second kappa shape index (κ2) is 35.7. The lowest BCUT2D eigenvalue weighted by molar-refractivity contribution is -0.145. The summed E-state index contributed by atoms with van der Waals surface area (Å²) in [6, 6.07) is 0. The maximum atomic E-state index is 10.6. The third kappa shape index (κ3) is 122. The summed E-state index contributed by atoms with van der Waals surface area (Å²) in [4.78, 5) is 80.4. The van der Waals surface area contributed by atoms with Crippen LogP contribution < -0.4 is 6.15 Å². The molecule has 0 fully saturated rings. The summed E-state index contributed by atoms with van der Waals surface area (Å²) >= 11 is 0. The van der Waals surface area contributed by atoms with E-state index in [9.17, 15) is 19.2 Å². The van der Waals surface area contributed by atoms with Gasteiger partial charge in [0.25, 0.3) is 23.9 Å². The van der Waals surface area contributed by atoms with Crippen molar-refractivity contribution in [3.8, 4) is 0 Å². The van der Waals surface area contributed by atoms with Gasteiger partial charge in [0.1, 0.15) is 0 Å². The van der Waals surface area contributed by atoms with Crippen molar-refractivity contribution in [2.24, 2.45) is 0 Å². The van der Waals surface area contributed by atoms with Crippen molar-refractivity contribution in [3.63, 3.8) is 0 Å². The van der Waals surface area contributed by atoms with Crippen LogP contribution in [0.5, 0.6) is 0 Å². The summed E-state index contributed by atoms with van der Waals surface area (Å²) in [5, 5.41) is 64.1. The Morgan fingerprint density at radius 1 is 0.410 bits per heavy atom. The highest BCUT2D eigenvalue weighted by Gasteiger charge is 2.17. The van der Waals surface area contributed by atoms with Crippen LogP contribution in [0.25, 0.3) is 0 Å². The zero-order valence-corrected chi connectivity index (χ0v) is 21.7. The van der Waals surface area contributed by atoms with Crippen molar-refractivity contribution < 1.29 is 90.2 Å². The van der Waals surface area contributed by atoms with E-state index < -0.39 is 73.9 Å². The van der Waals surface area contributed by atoms with Gasteiger partial charge in [0, 0.05) is 40.8 Å².